The lowest BCUT2D eigenvalue weighted by Crippen LogP contribution is -2.36. The van der Waals surface area contributed by atoms with Crippen LogP contribution in [0.2, 0.25) is 0 Å². The molecule has 0 aliphatic rings. The summed E-state index contributed by atoms with van der Waals surface area (Å²) in [5.41, 5.74) is 2.66. The van der Waals surface area contributed by atoms with Gasteiger partial charge in [0, 0.05) is 5.56 Å². The summed E-state index contributed by atoms with van der Waals surface area (Å²) in [4.78, 5) is 12.3. The van der Waals surface area contributed by atoms with E-state index < -0.39 is 0 Å². The molecule has 0 aromatic heterocycles. The molecule has 128 valence electrons. The molecule has 0 bridgehead atoms. The van der Waals surface area contributed by atoms with Crippen LogP contribution in [0.4, 0.5) is 0 Å². The van der Waals surface area contributed by atoms with E-state index in [2.05, 4.69) is 5.32 Å². The Morgan fingerprint density at radius 3 is 2.42 bits per heavy atom. The van der Waals surface area contributed by atoms with Gasteiger partial charge in [-0.1, -0.05) is 18.2 Å². The molecule has 0 spiro atoms. The lowest BCUT2D eigenvalue weighted by Gasteiger charge is -2.16. The molecule has 0 radical (unpaired) electrons. The van der Waals surface area contributed by atoms with Gasteiger partial charge in [0.2, 0.25) is 0 Å². The number of carbonyl (C=O) groups is 1. The molecule has 1 N–H and O–H groups in total. The smallest absolute Gasteiger partial charge is 0.251 e. The molecule has 1 atom stereocenters. The molecule has 0 saturated heterocycles. The number of aryl methyl sites for hydroxylation is 2. The van der Waals surface area contributed by atoms with Crippen LogP contribution in [0.5, 0.6) is 11.5 Å². The van der Waals surface area contributed by atoms with Crippen LogP contribution in [0.25, 0.3) is 0 Å². The van der Waals surface area contributed by atoms with Crippen molar-refractivity contribution in [1.29, 1.82) is 0 Å². The number of rotatable bonds is 7. The highest BCUT2D eigenvalue weighted by Gasteiger charge is 2.12. The van der Waals surface area contributed by atoms with Crippen molar-refractivity contribution in [1.82, 2.24) is 5.32 Å². The summed E-state index contributed by atoms with van der Waals surface area (Å²) >= 11 is 0. The van der Waals surface area contributed by atoms with Gasteiger partial charge in [-0.05, 0) is 63.1 Å². The van der Waals surface area contributed by atoms with E-state index in [0.717, 1.165) is 22.6 Å². The third kappa shape index (κ3) is 4.75. The van der Waals surface area contributed by atoms with Crippen molar-refractivity contribution in [2.45, 2.75) is 33.7 Å². The van der Waals surface area contributed by atoms with Crippen molar-refractivity contribution in [3.63, 3.8) is 0 Å². The lowest BCUT2D eigenvalue weighted by molar-refractivity contribution is 0.0926. The number of ether oxygens (including phenoxy) is 2. The van der Waals surface area contributed by atoms with Gasteiger partial charge < -0.3 is 14.8 Å². The number of hydrogen-bond donors (Lipinski definition) is 1. The van der Waals surface area contributed by atoms with Crippen molar-refractivity contribution in [2.75, 3.05) is 13.2 Å². The first-order valence-corrected chi connectivity index (χ1v) is 8.24. The Morgan fingerprint density at radius 2 is 1.75 bits per heavy atom. The van der Waals surface area contributed by atoms with Gasteiger partial charge in [-0.25, -0.2) is 0 Å². The first-order valence-electron chi connectivity index (χ1n) is 8.24. The Bertz CT molecular complexity index is 697. The van der Waals surface area contributed by atoms with Gasteiger partial charge in [-0.2, -0.15) is 0 Å². The normalized spacial score (nSPS) is 11.7. The minimum atomic E-state index is -0.109. The van der Waals surface area contributed by atoms with Gasteiger partial charge in [-0.15, -0.1) is 0 Å². The maximum Gasteiger partial charge on any atom is 0.251 e. The Morgan fingerprint density at radius 1 is 1.04 bits per heavy atom. The average Bonchev–Trinajstić information content (AvgIpc) is 2.56. The lowest BCUT2D eigenvalue weighted by atomic mass is 10.1. The highest BCUT2D eigenvalue weighted by molar-refractivity contribution is 5.94. The van der Waals surface area contributed by atoms with Crippen LogP contribution in [0.15, 0.2) is 42.5 Å². The zero-order chi connectivity index (χ0) is 17.5. The summed E-state index contributed by atoms with van der Waals surface area (Å²) in [5, 5.41) is 2.96. The number of amides is 1. The molecule has 0 heterocycles. The van der Waals surface area contributed by atoms with Crippen LogP contribution in [0, 0.1) is 13.8 Å². The second kappa shape index (κ2) is 8.39. The van der Waals surface area contributed by atoms with E-state index in [9.17, 15) is 4.79 Å². The summed E-state index contributed by atoms with van der Waals surface area (Å²) in [5.74, 6) is 1.54. The van der Waals surface area contributed by atoms with Crippen LogP contribution in [0.1, 0.15) is 35.3 Å². The van der Waals surface area contributed by atoms with Gasteiger partial charge in [-0.3, -0.25) is 4.79 Å². The summed E-state index contributed by atoms with van der Waals surface area (Å²) in [6, 6.07) is 13.2. The van der Waals surface area contributed by atoms with Crippen LogP contribution < -0.4 is 14.8 Å². The summed E-state index contributed by atoms with van der Waals surface area (Å²) in [6.07, 6.45) is 0. The number of benzene rings is 2. The SMILES string of the molecule is CCOc1ccc(C(=O)N[C@H](C)COc2ccccc2C)cc1C. The highest BCUT2D eigenvalue weighted by atomic mass is 16.5. The molecule has 4 nitrogen and oxygen atoms in total. The second-order valence-electron chi connectivity index (χ2n) is 5.86. The van der Waals surface area contributed by atoms with Crippen LogP contribution in [0.3, 0.4) is 0 Å². The van der Waals surface area contributed by atoms with Gasteiger partial charge >= 0.3 is 0 Å². The Kier molecular flexibility index (Phi) is 6.24. The van der Waals surface area contributed by atoms with E-state index in [-0.39, 0.29) is 11.9 Å². The van der Waals surface area contributed by atoms with E-state index in [0.29, 0.717) is 18.8 Å². The fourth-order valence-corrected chi connectivity index (χ4v) is 2.39. The largest absolute Gasteiger partial charge is 0.494 e. The molecule has 0 aliphatic heterocycles. The highest BCUT2D eigenvalue weighted by Crippen LogP contribution is 2.19. The third-order valence-electron chi connectivity index (χ3n) is 3.70. The van der Waals surface area contributed by atoms with Crippen molar-refractivity contribution in [3.8, 4) is 11.5 Å². The standard InChI is InChI=1S/C20H25NO3/c1-5-23-19-11-10-17(12-15(19)3)20(22)21-16(4)13-24-18-9-7-6-8-14(18)2/h6-12,16H,5,13H2,1-4H3,(H,21,22)/t16-/m1/s1. The number of nitrogens with one attached hydrogen (secondary N) is 1. The van der Waals surface area contributed by atoms with Crippen LogP contribution >= 0.6 is 0 Å². The summed E-state index contributed by atoms with van der Waals surface area (Å²) in [6.45, 7) is 8.84. The van der Waals surface area contributed by atoms with Crippen molar-refractivity contribution in [2.24, 2.45) is 0 Å². The van der Waals surface area contributed by atoms with Gasteiger partial charge in [0.05, 0.1) is 12.6 Å². The maximum absolute atomic E-state index is 12.3. The molecule has 4 heteroatoms. The third-order valence-corrected chi connectivity index (χ3v) is 3.70. The summed E-state index contributed by atoms with van der Waals surface area (Å²) in [7, 11) is 0. The van der Waals surface area contributed by atoms with Gasteiger partial charge in [0.15, 0.2) is 0 Å². The van der Waals surface area contributed by atoms with E-state index in [1.165, 1.54) is 0 Å². The van der Waals surface area contributed by atoms with Crippen molar-refractivity contribution >= 4 is 5.91 Å². The minimum absolute atomic E-state index is 0.0935. The molecule has 0 fully saturated rings. The zero-order valence-electron chi connectivity index (χ0n) is 14.8. The number of hydrogen-bond acceptors (Lipinski definition) is 3. The Balaban J connectivity index is 1.91. The molecule has 0 unspecified atom stereocenters. The van der Waals surface area contributed by atoms with Crippen molar-refractivity contribution in [3.05, 3.63) is 59.2 Å². The first kappa shape index (κ1) is 17.9. The minimum Gasteiger partial charge on any atom is -0.494 e. The second-order valence-corrected chi connectivity index (χ2v) is 5.86. The van der Waals surface area contributed by atoms with Gasteiger partial charge in [0.1, 0.15) is 18.1 Å². The molecule has 24 heavy (non-hydrogen) atoms. The molecule has 0 aliphatic carbocycles. The van der Waals surface area contributed by atoms with E-state index in [4.69, 9.17) is 9.47 Å². The maximum atomic E-state index is 12.3. The van der Waals surface area contributed by atoms with Crippen LogP contribution in [-0.4, -0.2) is 25.2 Å². The van der Waals surface area contributed by atoms with E-state index in [1.54, 1.807) is 6.07 Å². The summed E-state index contributed by atoms with van der Waals surface area (Å²) < 4.78 is 11.3. The fourth-order valence-electron chi connectivity index (χ4n) is 2.39. The topological polar surface area (TPSA) is 47.6 Å². The quantitative estimate of drug-likeness (QED) is 0.839. The molecule has 2 aromatic carbocycles. The molecular weight excluding hydrogens is 302 g/mol. The molecule has 1 amide bonds. The molecule has 2 rings (SSSR count). The fraction of sp³-hybridized carbons (Fsp3) is 0.350. The average molecular weight is 327 g/mol. The predicted molar refractivity (Wildman–Crippen MR) is 96.0 cm³/mol. The Hall–Kier alpha value is -2.49. The zero-order valence-corrected chi connectivity index (χ0v) is 14.8. The van der Waals surface area contributed by atoms with E-state index >= 15 is 0 Å². The Labute approximate surface area is 143 Å². The monoisotopic (exact) mass is 327 g/mol. The number of para-hydroxylation sites is 1. The predicted octanol–water partition coefficient (Wildman–Crippen LogP) is 3.90. The molecule has 0 saturated carbocycles. The molecular formula is C20H25NO3. The molecule has 2 aromatic rings. The van der Waals surface area contributed by atoms with Crippen LogP contribution in [-0.2, 0) is 0 Å². The van der Waals surface area contributed by atoms with Gasteiger partial charge in [0.25, 0.3) is 5.91 Å². The van der Waals surface area contributed by atoms with Crippen molar-refractivity contribution < 1.29 is 14.3 Å². The number of carbonyl (C=O) groups excluding carboxylic acids is 1. The van der Waals surface area contributed by atoms with E-state index in [1.807, 2.05) is 64.1 Å². The first-order chi connectivity index (χ1) is 11.5.